The van der Waals surface area contributed by atoms with Crippen LogP contribution in [0.4, 0.5) is 0 Å². The molecule has 2 aliphatic heterocycles. The van der Waals surface area contributed by atoms with Crippen LogP contribution in [0.3, 0.4) is 0 Å². The van der Waals surface area contributed by atoms with Crippen LogP contribution in [0.25, 0.3) is 0 Å². The summed E-state index contributed by atoms with van der Waals surface area (Å²) in [5, 5.41) is 0. The highest BCUT2D eigenvalue weighted by molar-refractivity contribution is 5.70. The number of rotatable bonds is 3. The molecule has 0 radical (unpaired) electrons. The van der Waals surface area contributed by atoms with Gasteiger partial charge in [-0.15, -0.1) is 0 Å². The molecule has 3 aliphatic rings. The Hall–Kier alpha value is -0.870. The molecule has 3 fully saturated rings. The van der Waals surface area contributed by atoms with E-state index in [2.05, 4.69) is 19.9 Å². The van der Waals surface area contributed by atoms with Gasteiger partial charge in [-0.25, -0.2) is 0 Å². The summed E-state index contributed by atoms with van der Waals surface area (Å²) in [6.07, 6.45) is 5.69. The van der Waals surface area contributed by atoms with Gasteiger partial charge in [0.05, 0.1) is 12.7 Å². The van der Waals surface area contributed by atoms with Crippen LogP contribution in [0.1, 0.15) is 39.5 Å². The van der Waals surface area contributed by atoms with Crippen LogP contribution in [0.5, 0.6) is 0 Å². The summed E-state index contributed by atoms with van der Waals surface area (Å²) in [5.41, 5.74) is 1.24. The Morgan fingerprint density at radius 3 is 2.90 bits per heavy atom. The molecular weight excluding hydrogens is 256 g/mol. The van der Waals surface area contributed by atoms with Gasteiger partial charge in [-0.05, 0) is 44.9 Å². The SMILES string of the molecule is CC(C)=CCO[C@@H]1[C@H]2OCC[C@@H]2C[C@@H]2CCC(=O)O[C@@H]21. The molecule has 0 aromatic carbocycles. The zero-order valence-corrected chi connectivity index (χ0v) is 12.3. The molecule has 0 unspecified atom stereocenters. The predicted molar refractivity (Wildman–Crippen MR) is 74.2 cm³/mol. The lowest BCUT2D eigenvalue weighted by Gasteiger charge is -2.45. The quantitative estimate of drug-likeness (QED) is 0.588. The topological polar surface area (TPSA) is 44.8 Å². The fourth-order valence-corrected chi connectivity index (χ4v) is 3.72. The number of fused-ring (bicyclic) bond motifs is 2. The molecule has 0 bridgehead atoms. The Labute approximate surface area is 120 Å². The number of allylic oxidation sites excluding steroid dienone is 1. The second-order valence-electron chi connectivity index (χ2n) is 6.45. The summed E-state index contributed by atoms with van der Waals surface area (Å²) >= 11 is 0. The highest BCUT2D eigenvalue weighted by Crippen LogP contribution is 2.43. The van der Waals surface area contributed by atoms with Crippen molar-refractivity contribution in [1.29, 1.82) is 0 Å². The minimum Gasteiger partial charge on any atom is -0.459 e. The van der Waals surface area contributed by atoms with Crippen molar-refractivity contribution >= 4 is 5.97 Å². The molecule has 2 saturated heterocycles. The lowest BCUT2D eigenvalue weighted by atomic mass is 9.73. The zero-order chi connectivity index (χ0) is 14.1. The molecule has 4 heteroatoms. The standard InChI is InChI=1S/C16H24O4/c1-10(2)5-7-19-16-14-12(6-8-18-14)9-11-3-4-13(17)20-15(11)16/h5,11-12,14-16H,3-4,6-9H2,1-2H3/t11-,12+,14-,15-,16+/m0/s1. The molecular formula is C16H24O4. The molecule has 0 aromatic rings. The van der Waals surface area contributed by atoms with E-state index in [-0.39, 0.29) is 24.3 Å². The van der Waals surface area contributed by atoms with Crippen LogP contribution in [-0.2, 0) is 19.0 Å². The number of ether oxygens (including phenoxy) is 3. The summed E-state index contributed by atoms with van der Waals surface area (Å²) in [4.78, 5) is 11.6. The number of esters is 1. The third-order valence-corrected chi connectivity index (χ3v) is 4.75. The minimum absolute atomic E-state index is 0.0847. The largest absolute Gasteiger partial charge is 0.459 e. The maximum Gasteiger partial charge on any atom is 0.306 e. The Balaban J connectivity index is 1.73. The van der Waals surface area contributed by atoms with Crippen molar-refractivity contribution in [2.24, 2.45) is 11.8 Å². The van der Waals surface area contributed by atoms with Crippen molar-refractivity contribution in [2.45, 2.75) is 57.8 Å². The number of hydrogen-bond acceptors (Lipinski definition) is 4. The molecule has 0 amide bonds. The summed E-state index contributed by atoms with van der Waals surface area (Å²) in [7, 11) is 0. The number of hydrogen-bond donors (Lipinski definition) is 0. The molecule has 112 valence electrons. The van der Waals surface area contributed by atoms with Crippen molar-refractivity contribution in [3.05, 3.63) is 11.6 Å². The smallest absolute Gasteiger partial charge is 0.306 e. The first kappa shape index (κ1) is 14.1. The first-order chi connectivity index (χ1) is 9.65. The highest BCUT2D eigenvalue weighted by Gasteiger charge is 2.51. The summed E-state index contributed by atoms with van der Waals surface area (Å²) < 4.78 is 17.5. The van der Waals surface area contributed by atoms with Gasteiger partial charge < -0.3 is 14.2 Å². The molecule has 20 heavy (non-hydrogen) atoms. The Morgan fingerprint density at radius 1 is 1.30 bits per heavy atom. The summed E-state index contributed by atoms with van der Waals surface area (Å²) in [6, 6.07) is 0. The van der Waals surface area contributed by atoms with Gasteiger partial charge in [-0.1, -0.05) is 11.6 Å². The van der Waals surface area contributed by atoms with Gasteiger partial charge >= 0.3 is 5.97 Å². The van der Waals surface area contributed by atoms with Gasteiger partial charge in [-0.2, -0.15) is 0 Å². The predicted octanol–water partition coefficient (Wildman–Crippen LogP) is 2.47. The molecule has 0 N–H and O–H groups in total. The maximum atomic E-state index is 11.6. The Morgan fingerprint density at radius 2 is 2.10 bits per heavy atom. The van der Waals surface area contributed by atoms with E-state index in [9.17, 15) is 4.79 Å². The van der Waals surface area contributed by atoms with E-state index in [1.807, 2.05) is 0 Å². The van der Waals surface area contributed by atoms with Gasteiger partial charge in [-0.3, -0.25) is 4.79 Å². The van der Waals surface area contributed by atoms with Crippen LogP contribution < -0.4 is 0 Å². The van der Waals surface area contributed by atoms with E-state index in [0.717, 1.165) is 25.9 Å². The third kappa shape index (κ3) is 2.77. The average molecular weight is 280 g/mol. The fraction of sp³-hybridized carbons (Fsp3) is 0.812. The van der Waals surface area contributed by atoms with E-state index < -0.39 is 0 Å². The molecule has 1 saturated carbocycles. The van der Waals surface area contributed by atoms with Gasteiger partial charge in [0.1, 0.15) is 12.2 Å². The van der Waals surface area contributed by atoms with E-state index in [1.54, 1.807) is 0 Å². The average Bonchev–Trinajstić information content (AvgIpc) is 2.86. The van der Waals surface area contributed by atoms with E-state index >= 15 is 0 Å². The highest BCUT2D eigenvalue weighted by atomic mass is 16.6. The zero-order valence-electron chi connectivity index (χ0n) is 12.3. The lowest BCUT2D eigenvalue weighted by Crippen LogP contribution is -2.54. The first-order valence-electron chi connectivity index (χ1n) is 7.71. The summed E-state index contributed by atoms with van der Waals surface area (Å²) in [5.74, 6) is 0.940. The van der Waals surface area contributed by atoms with Crippen LogP contribution in [0.2, 0.25) is 0 Å². The molecule has 3 rings (SSSR count). The fourth-order valence-electron chi connectivity index (χ4n) is 3.72. The monoisotopic (exact) mass is 280 g/mol. The number of carbonyl (C=O) groups is 1. The van der Waals surface area contributed by atoms with Crippen molar-refractivity contribution < 1.29 is 19.0 Å². The lowest BCUT2D eigenvalue weighted by molar-refractivity contribution is -0.196. The van der Waals surface area contributed by atoms with Crippen LogP contribution in [0.15, 0.2) is 11.6 Å². The normalized spacial score (nSPS) is 39.7. The van der Waals surface area contributed by atoms with Gasteiger partial charge in [0, 0.05) is 13.0 Å². The van der Waals surface area contributed by atoms with Crippen molar-refractivity contribution in [3.8, 4) is 0 Å². The van der Waals surface area contributed by atoms with E-state index in [4.69, 9.17) is 14.2 Å². The first-order valence-corrected chi connectivity index (χ1v) is 7.71. The third-order valence-electron chi connectivity index (χ3n) is 4.75. The minimum atomic E-state index is -0.110. The van der Waals surface area contributed by atoms with E-state index in [1.165, 1.54) is 5.57 Å². The van der Waals surface area contributed by atoms with Crippen molar-refractivity contribution in [2.75, 3.05) is 13.2 Å². The second kappa shape index (κ2) is 5.86. The van der Waals surface area contributed by atoms with Gasteiger partial charge in [0.25, 0.3) is 0 Å². The van der Waals surface area contributed by atoms with Crippen LogP contribution in [-0.4, -0.2) is 37.5 Å². The molecule has 2 heterocycles. The molecule has 0 aromatic heterocycles. The molecule has 5 atom stereocenters. The molecule has 1 aliphatic carbocycles. The second-order valence-corrected chi connectivity index (χ2v) is 6.45. The van der Waals surface area contributed by atoms with Crippen molar-refractivity contribution in [3.63, 3.8) is 0 Å². The Kier molecular flexibility index (Phi) is 4.13. The van der Waals surface area contributed by atoms with Crippen LogP contribution >= 0.6 is 0 Å². The van der Waals surface area contributed by atoms with Crippen molar-refractivity contribution in [1.82, 2.24) is 0 Å². The maximum absolute atomic E-state index is 11.6. The van der Waals surface area contributed by atoms with Crippen LogP contribution in [0, 0.1) is 11.8 Å². The molecule has 0 spiro atoms. The van der Waals surface area contributed by atoms with Gasteiger partial charge in [0.2, 0.25) is 0 Å². The summed E-state index contributed by atoms with van der Waals surface area (Å²) in [6.45, 7) is 5.50. The van der Waals surface area contributed by atoms with Gasteiger partial charge in [0.15, 0.2) is 0 Å². The molecule has 4 nitrogen and oxygen atoms in total. The number of carbonyl (C=O) groups excluding carboxylic acids is 1. The Bertz CT molecular complexity index is 399. The van der Waals surface area contributed by atoms with E-state index in [0.29, 0.717) is 24.9 Å².